The lowest BCUT2D eigenvalue weighted by Gasteiger charge is -2.19. The van der Waals surface area contributed by atoms with E-state index in [9.17, 15) is 10.1 Å². The second-order valence-corrected chi connectivity index (χ2v) is 8.83. The van der Waals surface area contributed by atoms with Crippen LogP contribution in [0, 0.1) is 10.1 Å². The van der Waals surface area contributed by atoms with Gasteiger partial charge in [0.1, 0.15) is 6.61 Å². The van der Waals surface area contributed by atoms with E-state index in [0.29, 0.717) is 34.2 Å². The Morgan fingerprint density at radius 3 is 2.70 bits per heavy atom. The molecule has 170 valence electrons. The maximum Gasteiger partial charge on any atom is 0.214 e. The molecule has 8 heteroatoms. The molecule has 3 aromatic carbocycles. The second kappa shape index (κ2) is 10.3. The molecule has 4 aromatic rings. The van der Waals surface area contributed by atoms with E-state index < -0.39 is 5.92 Å². The zero-order chi connectivity index (χ0) is 23.4. The quantitative estimate of drug-likeness (QED) is 0.188. The smallest absolute Gasteiger partial charge is 0.214 e. The first-order valence-electron chi connectivity index (χ1n) is 10.5. The Bertz CT molecular complexity index is 1290. The van der Waals surface area contributed by atoms with Crippen molar-refractivity contribution in [1.82, 2.24) is 4.98 Å². The van der Waals surface area contributed by atoms with Crippen molar-refractivity contribution >= 4 is 38.4 Å². The van der Waals surface area contributed by atoms with Gasteiger partial charge in [-0.05, 0) is 69.9 Å². The maximum absolute atomic E-state index is 11.6. The average Bonchev–Trinajstić information content (AvgIpc) is 3.21. The van der Waals surface area contributed by atoms with Gasteiger partial charge in [-0.1, -0.05) is 41.9 Å². The van der Waals surface area contributed by atoms with E-state index in [1.165, 1.54) is 0 Å². The van der Waals surface area contributed by atoms with Crippen LogP contribution in [0.3, 0.4) is 0 Å². The number of para-hydroxylation sites is 1. The van der Waals surface area contributed by atoms with Crippen molar-refractivity contribution < 1.29 is 14.4 Å². The maximum atomic E-state index is 11.6. The highest BCUT2D eigenvalue weighted by Crippen LogP contribution is 2.41. The minimum Gasteiger partial charge on any atom is -0.490 e. The fourth-order valence-corrected chi connectivity index (χ4v) is 4.68. The van der Waals surface area contributed by atoms with Crippen LogP contribution >= 0.6 is 27.5 Å². The fourth-order valence-electron chi connectivity index (χ4n) is 3.89. The molecule has 0 aliphatic heterocycles. The van der Waals surface area contributed by atoms with Crippen LogP contribution in [0.4, 0.5) is 0 Å². The third-order valence-corrected chi connectivity index (χ3v) is 6.16. The van der Waals surface area contributed by atoms with Crippen molar-refractivity contribution in [3.63, 3.8) is 0 Å². The summed E-state index contributed by atoms with van der Waals surface area (Å²) in [4.78, 5) is 14.5. The van der Waals surface area contributed by atoms with Crippen molar-refractivity contribution in [2.45, 2.75) is 19.4 Å². The second-order valence-electron chi connectivity index (χ2n) is 7.54. The summed E-state index contributed by atoms with van der Waals surface area (Å²) in [5.74, 6) is 0.602. The molecule has 1 heterocycles. The number of rotatable bonds is 9. The van der Waals surface area contributed by atoms with Crippen molar-refractivity contribution in [2.24, 2.45) is 0 Å². The number of nitro groups is 1. The van der Waals surface area contributed by atoms with Gasteiger partial charge in [-0.25, -0.2) is 0 Å². The molecular weight excluding hydrogens is 508 g/mol. The van der Waals surface area contributed by atoms with Crippen LogP contribution in [-0.2, 0) is 6.61 Å². The highest BCUT2D eigenvalue weighted by Gasteiger charge is 2.26. The molecule has 0 aliphatic rings. The summed E-state index contributed by atoms with van der Waals surface area (Å²) in [5.41, 5.74) is 3.49. The Labute approximate surface area is 204 Å². The van der Waals surface area contributed by atoms with E-state index in [-0.39, 0.29) is 11.5 Å². The van der Waals surface area contributed by atoms with E-state index in [0.717, 1.165) is 27.6 Å². The standard InChI is InChI=1S/C25H22BrClN2O4/c1-2-32-24-12-17(11-22(26)25(24)33-15-16-6-5-7-18(27)10-16)21(14-29(30)31)20-13-28-23-9-4-3-8-19(20)23/h3-13,21,28H,2,14-15H2,1H3/t21-/m0/s1. The molecular formula is C25H22BrClN2O4. The molecule has 6 nitrogen and oxygen atoms in total. The first-order chi connectivity index (χ1) is 16.0. The number of aromatic amines is 1. The number of nitrogens with zero attached hydrogens (tertiary/aromatic N) is 1. The summed E-state index contributed by atoms with van der Waals surface area (Å²) in [6.45, 7) is 2.37. The SMILES string of the molecule is CCOc1cc([C@H](C[N+](=O)[O-])c2c[nH]c3ccccc23)cc(Br)c1OCc1cccc(Cl)c1. The molecule has 0 amide bonds. The van der Waals surface area contributed by atoms with Gasteiger partial charge in [0.05, 0.1) is 17.0 Å². The molecule has 1 aromatic heterocycles. The van der Waals surface area contributed by atoms with Crippen LogP contribution in [0.5, 0.6) is 11.5 Å². The Morgan fingerprint density at radius 2 is 1.94 bits per heavy atom. The molecule has 0 fully saturated rings. The molecule has 0 spiro atoms. The Hall–Kier alpha value is -3.03. The zero-order valence-corrected chi connectivity index (χ0v) is 20.2. The monoisotopic (exact) mass is 528 g/mol. The van der Waals surface area contributed by atoms with Gasteiger partial charge in [0.2, 0.25) is 6.54 Å². The molecule has 33 heavy (non-hydrogen) atoms. The average molecular weight is 530 g/mol. The minimum atomic E-state index is -0.464. The number of halogens is 2. The summed E-state index contributed by atoms with van der Waals surface area (Å²) in [5, 5.41) is 13.2. The first kappa shape index (κ1) is 23.1. The van der Waals surface area contributed by atoms with Crippen LogP contribution in [0.1, 0.15) is 29.5 Å². The Morgan fingerprint density at radius 1 is 1.12 bits per heavy atom. The summed E-state index contributed by atoms with van der Waals surface area (Å²) in [6, 6.07) is 18.9. The van der Waals surface area contributed by atoms with E-state index in [4.69, 9.17) is 21.1 Å². The van der Waals surface area contributed by atoms with E-state index in [2.05, 4.69) is 20.9 Å². The normalized spacial score (nSPS) is 12.0. The third kappa shape index (κ3) is 5.31. The molecule has 0 radical (unpaired) electrons. The molecule has 0 bridgehead atoms. The fraction of sp³-hybridized carbons (Fsp3) is 0.200. The van der Waals surface area contributed by atoms with Crippen molar-refractivity contribution in [3.8, 4) is 11.5 Å². The first-order valence-corrected chi connectivity index (χ1v) is 11.6. The molecule has 0 saturated heterocycles. The summed E-state index contributed by atoms with van der Waals surface area (Å²) in [7, 11) is 0. The van der Waals surface area contributed by atoms with Gasteiger partial charge in [0.25, 0.3) is 0 Å². The molecule has 4 rings (SSSR count). The highest BCUT2D eigenvalue weighted by atomic mass is 79.9. The third-order valence-electron chi connectivity index (χ3n) is 5.33. The number of aromatic nitrogens is 1. The molecule has 0 unspecified atom stereocenters. The van der Waals surface area contributed by atoms with Gasteiger partial charge in [0, 0.05) is 27.0 Å². The van der Waals surface area contributed by atoms with E-state index in [1.807, 2.05) is 73.8 Å². The minimum absolute atomic E-state index is 0.247. The lowest BCUT2D eigenvalue weighted by Crippen LogP contribution is -2.14. The van der Waals surface area contributed by atoms with Crippen LogP contribution in [0.2, 0.25) is 5.02 Å². The Kier molecular flexibility index (Phi) is 7.20. The van der Waals surface area contributed by atoms with Crippen molar-refractivity contribution in [1.29, 1.82) is 0 Å². The summed E-state index contributed by atoms with van der Waals surface area (Å²) >= 11 is 9.67. The lowest BCUT2D eigenvalue weighted by atomic mass is 9.90. The predicted octanol–water partition coefficient (Wildman–Crippen LogP) is 6.97. The highest BCUT2D eigenvalue weighted by molar-refractivity contribution is 9.10. The van der Waals surface area contributed by atoms with Crippen LogP contribution < -0.4 is 9.47 Å². The van der Waals surface area contributed by atoms with Crippen LogP contribution in [0.15, 0.2) is 71.3 Å². The van der Waals surface area contributed by atoms with Gasteiger partial charge >= 0.3 is 0 Å². The number of benzene rings is 3. The lowest BCUT2D eigenvalue weighted by molar-refractivity contribution is -0.481. The van der Waals surface area contributed by atoms with Crippen LogP contribution in [0.25, 0.3) is 10.9 Å². The molecule has 1 atom stereocenters. The van der Waals surface area contributed by atoms with Gasteiger partial charge in [-0.15, -0.1) is 0 Å². The number of H-pyrrole nitrogens is 1. The van der Waals surface area contributed by atoms with Crippen LogP contribution in [-0.4, -0.2) is 23.1 Å². The molecule has 1 N–H and O–H groups in total. The zero-order valence-electron chi connectivity index (χ0n) is 17.9. The number of nitrogens with one attached hydrogen (secondary N) is 1. The largest absolute Gasteiger partial charge is 0.490 e. The van der Waals surface area contributed by atoms with Gasteiger partial charge in [0.15, 0.2) is 11.5 Å². The van der Waals surface area contributed by atoms with E-state index in [1.54, 1.807) is 0 Å². The Balaban J connectivity index is 1.73. The van der Waals surface area contributed by atoms with Gasteiger partial charge < -0.3 is 14.5 Å². The van der Waals surface area contributed by atoms with E-state index >= 15 is 0 Å². The molecule has 0 saturated carbocycles. The topological polar surface area (TPSA) is 77.4 Å². The number of hydrogen-bond donors (Lipinski definition) is 1. The number of fused-ring (bicyclic) bond motifs is 1. The van der Waals surface area contributed by atoms with Gasteiger partial charge in [-0.2, -0.15) is 0 Å². The van der Waals surface area contributed by atoms with Gasteiger partial charge in [-0.3, -0.25) is 10.1 Å². The number of hydrogen-bond acceptors (Lipinski definition) is 4. The number of ether oxygens (including phenoxy) is 2. The summed E-state index contributed by atoms with van der Waals surface area (Å²) < 4.78 is 12.6. The predicted molar refractivity (Wildman–Crippen MR) is 133 cm³/mol. The van der Waals surface area contributed by atoms with Crippen molar-refractivity contribution in [3.05, 3.63) is 103 Å². The summed E-state index contributed by atoms with van der Waals surface area (Å²) in [6.07, 6.45) is 1.84. The van der Waals surface area contributed by atoms with Crippen molar-refractivity contribution in [2.75, 3.05) is 13.2 Å². The molecule has 0 aliphatic carbocycles.